The number of esters is 1. The molecule has 0 saturated carbocycles. The standard InChI is InChI=1S/C34H39ClN2O6/c1-4-6-7-11-20-42-33(41)27-26-17-18-34(43-26)28(27)31(39)37(25(21-38)23-14-9-8-10-15-23)30(34)32(40)36(19-5-2)29-22(3)13-12-16-24(29)35/h4-5,8-10,12-16,25-28,30,38H,1-2,6-7,11,17-21H2,3H3/t25-,26-,27+,28+,30?,34?/m1/s1. The number of likely N-dealkylation sites (tertiary alicyclic amines) is 1. The van der Waals surface area contributed by atoms with E-state index in [2.05, 4.69) is 13.2 Å². The molecule has 3 heterocycles. The van der Waals surface area contributed by atoms with E-state index in [-0.39, 0.29) is 13.2 Å². The van der Waals surface area contributed by atoms with Gasteiger partial charge in [-0.05, 0) is 56.2 Å². The van der Waals surface area contributed by atoms with Gasteiger partial charge in [0.1, 0.15) is 11.6 Å². The van der Waals surface area contributed by atoms with Gasteiger partial charge in [-0.25, -0.2) is 0 Å². The van der Waals surface area contributed by atoms with Crippen LogP contribution in [0.25, 0.3) is 0 Å². The van der Waals surface area contributed by atoms with Crippen molar-refractivity contribution in [3.8, 4) is 0 Å². The molecule has 228 valence electrons. The van der Waals surface area contributed by atoms with Gasteiger partial charge in [-0.2, -0.15) is 0 Å². The predicted octanol–water partition coefficient (Wildman–Crippen LogP) is 5.18. The maximum Gasteiger partial charge on any atom is 0.312 e. The lowest BCUT2D eigenvalue weighted by molar-refractivity contribution is -0.156. The molecule has 2 amide bonds. The van der Waals surface area contributed by atoms with Crippen molar-refractivity contribution in [1.29, 1.82) is 0 Å². The zero-order chi connectivity index (χ0) is 30.7. The Morgan fingerprint density at radius 3 is 2.63 bits per heavy atom. The Morgan fingerprint density at radius 1 is 1.19 bits per heavy atom. The minimum atomic E-state index is -1.26. The van der Waals surface area contributed by atoms with Crippen LogP contribution in [0, 0.1) is 18.8 Å². The molecule has 2 unspecified atom stereocenters. The van der Waals surface area contributed by atoms with Crippen molar-refractivity contribution in [3.05, 3.63) is 90.0 Å². The van der Waals surface area contributed by atoms with Crippen LogP contribution in [-0.2, 0) is 23.9 Å². The number of ether oxygens (including phenoxy) is 2. The number of carbonyl (C=O) groups excluding carboxylic acids is 3. The van der Waals surface area contributed by atoms with E-state index in [1.54, 1.807) is 12.1 Å². The summed E-state index contributed by atoms with van der Waals surface area (Å²) < 4.78 is 12.3. The summed E-state index contributed by atoms with van der Waals surface area (Å²) in [5.41, 5.74) is 0.712. The smallest absolute Gasteiger partial charge is 0.312 e. The monoisotopic (exact) mass is 606 g/mol. The van der Waals surface area contributed by atoms with E-state index in [1.165, 1.54) is 9.80 Å². The zero-order valence-corrected chi connectivity index (χ0v) is 25.2. The number of rotatable bonds is 13. The van der Waals surface area contributed by atoms with E-state index >= 15 is 0 Å². The number of aliphatic hydroxyl groups excluding tert-OH is 1. The van der Waals surface area contributed by atoms with Crippen LogP contribution in [-0.4, -0.2) is 65.3 Å². The van der Waals surface area contributed by atoms with Crippen molar-refractivity contribution in [1.82, 2.24) is 4.90 Å². The van der Waals surface area contributed by atoms with Gasteiger partial charge in [-0.1, -0.05) is 66.2 Å². The minimum Gasteiger partial charge on any atom is -0.465 e. The van der Waals surface area contributed by atoms with Crippen LogP contribution in [0.3, 0.4) is 0 Å². The second-order valence-electron chi connectivity index (χ2n) is 11.5. The fraction of sp³-hybridized carbons (Fsp3) is 0.441. The largest absolute Gasteiger partial charge is 0.465 e. The number of benzene rings is 2. The van der Waals surface area contributed by atoms with Gasteiger partial charge < -0.3 is 24.4 Å². The summed E-state index contributed by atoms with van der Waals surface area (Å²) in [6, 6.07) is 12.5. The first-order valence-electron chi connectivity index (χ1n) is 14.9. The normalized spacial score (nSPS) is 26.2. The van der Waals surface area contributed by atoms with Crippen LogP contribution >= 0.6 is 11.6 Å². The van der Waals surface area contributed by atoms with Crippen LogP contribution in [0.2, 0.25) is 5.02 Å². The summed E-state index contributed by atoms with van der Waals surface area (Å²) >= 11 is 6.65. The molecule has 2 aromatic carbocycles. The molecule has 43 heavy (non-hydrogen) atoms. The maximum atomic E-state index is 14.9. The second-order valence-corrected chi connectivity index (χ2v) is 11.9. The minimum absolute atomic E-state index is 0.136. The Bertz CT molecular complexity index is 1360. The Hall–Kier alpha value is -3.46. The van der Waals surface area contributed by atoms with E-state index in [1.807, 2.05) is 55.5 Å². The third kappa shape index (κ3) is 5.41. The lowest BCUT2D eigenvalue weighted by atomic mass is 9.70. The van der Waals surface area contributed by atoms with Gasteiger partial charge in [0.05, 0.1) is 47.9 Å². The number of amides is 2. The van der Waals surface area contributed by atoms with Gasteiger partial charge in [0.2, 0.25) is 5.91 Å². The van der Waals surface area contributed by atoms with Crippen LogP contribution in [0.15, 0.2) is 73.8 Å². The molecule has 0 aromatic heterocycles. The van der Waals surface area contributed by atoms with Crippen LogP contribution < -0.4 is 4.90 Å². The highest BCUT2D eigenvalue weighted by Crippen LogP contribution is 2.60. The fourth-order valence-corrected chi connectivity index (χ4v) is 7.52. The van der Waals surface area contributed by atoms with Crippen molar-refractivity contribution in [2.24, 2.45) is 11.8 Å². The molecule has 3 saturated heterocycles. The van der Waals surface area contributed by atoms with Crippen molar-refractivity contribution >= 4 is 35.1 Å². The highest BCUT2D eigenvalue weighted by atomic mass is 35.5. The molecule has 5 rings (SSSR count). The highest BCUT2D eigenvalue weighted by Gasteiger charge is 2.75. The van der Waals surface area contributed by atoms with Crippen molar-refractivity contribution in [3.63, 3.8) is 0 Å². The molecule has 1 spiro atoms. The summed E-state index contributed by atoms with van der Waals surface area (Å²) in [5, 5.41) is 11.1. The van der Waals surface area contributed by atoms with Gasteiger partial charge in [-0.15, -0.1) is 13.2 Å². The molecule has 8 nitrogen and oxygen atoms in total. The van der Waals surface area contributed by atoms with Gasteiger partial charge in [0.25, 0.3) is 5.91 Å². The molecule has 9 heteroatoms. The number of carbonyl (C=O) groups is 3. The number of fused-ring (bicyclic) bond motifs is 1. The third-order valence-corrected chi connectivity index (χ3v) is 9.33. The first kappa shape index (κ1) is 31.0. The van der Waals surface area contributed by atoms with Gasteiger partial charge in [0, 0.05) is 6.54 Å². The van der Waals surface area contributed by atoms with Crippen LogP contribution in [0.5, 0.6) is 0 Å². The number of halogens is 1. The van der Waals surface area contributed by atoms with Gasteiger partial charge >= 0.3 is 5.97 Å². The maximum absolute atomic E-state index is 14.9. The molecule has 3 aliphatic rings. The Kier molecular flexibility index (Phi) is 9.39. The summed E-state index contributed by atoms with van der Waals surface area (Å²) in [6.07, 6.45) is 6.17. The number of para-hydroxylation sites is 1. The van der Waals surface area contributed by atoms with E-state index in [9.17, 15) is 19.5 Å². The number of hydrogen-bond acceptors (Lipinski definition) is 6. The molecule has 6 atom stereocenters. The summed E-state index contributed by atoms with van der Waals surface area (Å²) in [7, 11) is 0. The average Bonchev–Trinajstić information content (AvgIpc) is 3.65. The predicted molar refractivity (Wildman–Crippen MR) is 164 cm³/mol. The number of aliphatic hydroxyl groups is 1. The molecule has 0 aliphatic carbocycles. The summed E-state index contributed by atoms with van der Waals surface area (Å²) in [6.45, 7) is 9.40. The van der Waals surface area contributed by atoms with Crippen molar-refractivity contribution < 1.29 is 29.0 Å². The van der Waals surface area contributed by atoms with Crippen LogP contribution in [0.1, 0.15) is 49.3 Å². The Labute approximate surface area is 257 Å². The highest BCUT2D eigenvalue weighted by molar-refractivity contribution is 6.34. The van der Waals surface area contributed by atoms with Gasteiger partial charge in [-0.3, -0.25) is 14.4 Å². The number of aryl methyl sites for hydroxylation is 1. The quantitative estimate of drug-likeness (QED) is 0.192. The number of hydrogen-bond donors (Lipinski definition) is 1. The molecular weight excluding hydrogens is 568 g/mol. The number of unbranched alkanes of at least 4 members (excludes halogenated alkanes) is 2. The molecular formula is C34H39ClN2O6. The summed E-state index contributed by atoms with van der Waals surface area (Å²) in [4.78, 5) is 45.9. The summed E-state index contributed by atoms with van der Waals surface area (Å²) in [5.74, 6) is -3.05. The number of allylic oxidation sites excluding steroid dienone is 1. The van der Waals surface area contributed by atoms with E-state index in [0.29, 0.717) is 35.5 Å². The Morgan fingerprint density at radius 2 is 1.95 bits per heavy atom. The van der Waals surface area contributed by atoms with Crippen molar-refractivity contribution in [2.75, 3.05) is 24.7 Å². The number of anilines is 1. The molecule has 2 bridgehead atoms. The molecule has 3 aliphatic heterocycles. The number of nitrogens with zero attached hydrogens (tertiary/aromatic N) is 2. The fourth-order valence-electron chi connectivity index (χ4n) is 7.20. The van der Waals surface area contributed by atoms with Gasteiger partial charge in [0.15, 0.2) is 0 Å². The molecule has 1 N–H and O–H groups in total. The topological polar surface area (TPSA) is 96.4 Å². The zero-order valence-electron chi connectivity index (χ0n) is 24.5. The second kappa shape index (κ2) is 13.0. The molecule has 2 aromatic rings. The molecule has 0 radical (unpaired) electrons. The van der Waals surface area contributed by atoms with E-state index in [4.69, 9.17) is 21.1 Å². The lowest BCUT2D eigenvalue weighted by Gasteiger charge is -2.39. The van der Waals surface area contributed by atoms with E-state index < -0.39 is 60.0 Å². The Balaban J connectivity index is 1.58. The first-order chi connectivity index (χ1) is 20.8. The SMILES string of the molecule is C=CCCCCOC(=O)[C@@H]1[C@H]2C(=O)N([C@H](CO)c3ccccc3)C(C(=O)N(CC=C)c3c(C)cccc3Cl)C23CC[C@H]1O3. The lowest BCUT2D eigenvalue weighted by Crippen LogP contribution is -2.57. The van der Waals surface area contributed by atoms with Crippen LogP contribution in [0.4, 0.5) is 5.69 Å². The average molecular weight is 607 g/mol. The van der Waals surface area contributed by atoms with E-state index in [0.717, 1.165) is 18.4 Å². The van der Waals surface area contributed by atoms with Crippen molar-refractivity contribution in [2.45, 2.75) is 62.8 Å². The molecule has 3 fully saturated rings. The third-order valence-electron chi connectivity index (χ3n) is 9.02. The first-order valence-corrected chi connectivity index (χ1v) is 15.3.